The summed E-state index contributed by atoms with van der Waals surface area (Å²) in [4.78, 5) is 4.14. The van der Waals surface area contributed by atoms with Crippen molar-refractivity contribution in [3.05, 3.63) is 18.2 Å². The minimum atomic E-state index is -4.23. The van der Waals surface area contributed by atoms with E-state index in [2.05, 4.69) is 10.3 Å². The number of aromatic nitrogens is 1. The van der Waals surface area contributed by atoms with Gasteiger partial charge in [-0.25, -0.2) is 4.98 Å². The Morgan fingerprint density at radius 3 is 2.67 bits per heavy atom. The molecule has 0 aliphatic heterocycles. The molecular formula is C11H10F3N3S. The lowest BCUT2D eigenvalue weighted by atomic mass is 10.3. The van der Waals surface area contributed by atoms with Crippen LogP contribution in [0.15, 0.2) is 18.2 Å². The first-order chi connectivity index (χ1) is 8.40. The van der Waals surface area contributed by atoms with Crippen LogP contribution >= 0.6 is 11.3 Å². The van der Waals surface area contributed by atoms with E-state index < -0.39 is 11.7 Å². The molecule has 0 bridgehead atoms. The van der Waals surface area contributed by atoms with Gasteiger partial charge in [0.05, 0.1) is 10.2 Å². The van der Waals surface area contributed by atoms with Crippen molar-refractivity contribution in [1.29, 1.82) is 0 Å². The number of alkyl halides is 3. The van der Waals surface area contributed by atoms with E-state index in [1.165, 1.54) is 11.3 Å². The van der Waals surface area contributed by atoms with Gasteiger partial charge in [-0.3, -0.25) is 0 Å². The van der Waals surface area contributed by atoms with Gasteiger partial charge >= 0.3 is 6.18 Å². The molecule has 0 spiro atoms. The van der Waals surface area contributed by atoms with Gasteiger partial charge in [-0.2, -0.15) is 13.2 Å². The van der Waals surface area contributed by atoms with Crippen LogP contribution in [0, 0.1) is 0 Å². The Hall–Kier alpha value is -1.50. The van der Waals surface area contributed by atoms with Crippen molar-refractivity contribution in [2.24, 2.45) is 0 Å². The molecule has 1 heterocycles. The normalized spacial score (nSPS) is 17.9. The Morgan fingerprint density at radius 2 is 2.06 bits per heavy atom. The minimum Gasteiger partial charge on any atom is -0.399 e. The van der Waals surface area contributed by atoms with Crippen LogP contribution in [0.5, 0.6) is 0 Å². The third kappa shape index (κ3) is 1.78. The molecule has 3 nitrogen and oxygen atoms in total. The van der Waals surface area contributed by atoms with Crippen LogP contribution < -0.4 is 11.1 Å². The predicted octanol–water partition coefficient (Wildman–Crippen LogP) is 3.39. The highest BCUT2D eigenvalue weighted by molar-refractivity contribution is 7.22. The van der Waals surface area contributed by atoms with E-state index in [0.717, 1.165) is 4.70 Å². The van der Waals surface area contributed by atoms with Crippen LogP contribution in [0.25, 0.3) is 10.2 Å². The number of nitrogens with one attached hydrogen (secondary N) is 1. The van der Waals surface area contributed by atoms with Crippen molar-refractivity contribution in [3.63, 3.8) is 0 Å². The van der Waals surface area contributed by atoms with E-state index in [0.29, 0.717) is 16.3 Å². The molecule has 1 aromatic heterocycles. The molecule has 1 aliphatic rings. The highest BCUT2D eigenvalue weighted by atomic mass is 32.1. The molecule has 2 aromatic rings. The van der Waals surface area contributed by atoms with E-state index in [1.54, 1.807) is 18.2 Å². The zero-order valence-corrected chi connectivity index (χ0v) is 10.0. The number of benzene rings is 1. The lowest BCUT2D eigenvalue weighted by Crippen LogP contribution is -2.38. The fourth-order valence-electron chi connectivity index (χ4n) is 1.80. The number of fused-ring (bicyclic) bond motifs is 1. The van der Waals surface area contributed by atoms with Crippen molar-refractivity contribution in [3.8, 4) is 0 Å². The largest absolute Gasteiger partial charge is 0.411 e. The van der Waals surface area contributed by atoms with Gasteiger partial charge in [0.25, 0.3) is 0 Å². The summed E-state index contributed by atoms with van der Waals surface area (Å²) in [6.45, 7) is 0. The molecule has 1 aromatic carbocycles. The first-order valence-corrected chi connectivity index (χ1v) is 6.22. The highest BCUT2D eigenvalue weighted by Crippen LogP contribution is 2.51. The maximum atomic E-state index is 12.8. The van der Waals surface area contributed by atoms with Crippen molar-refractivity contribution in [2.45, 2.75) is 24.6 Å². The summed E-state index contributed by atoms with van der Waals surface area (Å²) >= 11 is 1.19. The Balaban J connectivity index is 1.92. The second-order valence-corrected chi connectivity index (χ2v) is 5.48. The van der Waals surface area contributed by atoms with Crippen LogP contribution in [0.3, 0.4) is 0 Å². The standard InChI is InChI=1S/C11H10F3N3S/c12-11(13,14)10(3-4-10)17-9-16-7-2-1-6(15)5-8(7)18-9/h1-2,5H,3-4,15H2,(H,16,17). The number of thiazole rings is 1. The number of halogens is 3. The molecule has 3 N–H and O–H groups in total. The average Bonchev–Trinajstić information content (AvgIpc) is 2.92. The molecule has 0 amide bonds. The van der Waals surface area contributed by atoms with Crippen molar-refractivity contribution in [2.75, 3.05) is 11.1 Å². The molecule has 0 saturated heterocycles. The van der Waals surface area contributed by atoms with Gasteiger partial charge in [0.1, 0.15) is 5.54 Å². The van der Waals surface area contributed by atoms with Gasteiger partial charge < -0.3 is 11.1 Å². The topological polar surface area (TPSA) is 50.9 Å². The van der Waals surface area contributed by atoms with Gasteiger partial charge in [0.2, 0.25) is 0 Å². The summed E-state index contributed by atoms with van der Waals surface area (Å²) in [6, 6.07) is 5.10. The molecule has 0 radical (unpaired) electrons. The monoisotopic (exact) mass is 273 g/mol. The van der Waals surface area contributed by atoms with Crippen LogP contribution in [-0.4, -0.2) is 16.7 Å². The van der Waals surface area contributed by atoms with Gasteiger partial charge in [0.15, 0.2) is 5.13 Å². The van der Waals surface area contributed by atoms with Crippen LogP contribution in [0.2, 0.25) is 0 Å². The Labute approximate surface area is 105 Å². The van der Waals surface area contributed by atoms with Crippen molar-refractivity contribution in [1.82, 2.24) is 4.98 Å². The van der Waals surface area contributed by atoms with Gasteiger partial charge in [-0.1, -0.05) is 11.3 Å². The fourth-order valence-corrected chi connectivity index (χ4v) is 2.82. The number of nitrogens with zero attached hydrogens (tertiary/aromatic N) is 1. The molecule has 18 heavy (non-hydrogen) atoms. The second kappa shape index (κ2) is 3.50. The summed E-state index contributed by atoms with van der Waals surface area (Å²) in [5.41, 5.74) is 5.09. The molecule has 1 aliphatic carbocycles. The maximum Gasteiger partial charge on any atom is 0.411 e. The molecule has 7 heteroatoms. The second-order valence-electron chi connectivity index (χ2n) is 4.45. The number of anilines is 2. The van der Waals surface area contributed by atoms with Crippen molar-refractivity contribution >= 4 is 32.4 Å². The van der Waals surface area contributed by atoms with Gasteiger partial charge in [-0.15, -0.1) is 0 Å². The molecule has 1 saturated carbocycles. The van der Waals surface area contributed by atoms with Gasteiger partial charge in [0, 0.05) is 5.69 Å². The Kier molecular flexibility index (Phi) is 2.25. The number of nitrogen functional groups attached to an aromatic ring is 1. The summed E-state index contributed by atoms with van der Waals surface area (Å²) in [5.74, 6) is 0. The summed E-state index contributed by atoms with van der Waals surface area (Å²) in [7, 11) is 0. The van der Waals surface area contributed by atoms with Gasteiger partial charge in [-0.05, 0) is 31.0 Å². The SMILES string of the molecule is Nc1ccc2nc(NC3(C(F)(F)F)CC3)sc2c1. The number of hydrogen-bond donors (Lipinski definition) is 2. The minimum absolute atomic E-state index is 0.106. The molecule has 1 fully saturated rings. The first kappa shape index (κ1) is 11.6. The highest BCUT2D eigenvalue weighted by Gasteiger charge is 2.63. The third-order valence-electron chi connectivity index (χ3n) is 3.05. The van der Waals surface area contributed by atoms with Crippen molar-refractivity contribution < 1.29 is 13.2 Å². The van der Waals surface area contributed by atoms with E-state index in [9.17, 15) is 13.2 Å². The molecule has 0 unspecified atom stereocenters. The van der Waals surface area contributed by atoms with Crippen LogP contribution in [0.1, 0.15) is 12.8 Å². The number of hydrogen-bond acceptors (Lipinski definition) is 4. The first-order valence-electron chi connectivity index (χ1n) is 5.41. The maximum absolute atomic E-state index is 12.8. The molecule has 96 valence electrons. The summed E-state index contributed by atoms with van der Waals surface area (Å²) < 4.78 is 39.2. The smallest absolute Gasteiger partial charge is 0.399 e. The van der Waals surface area contributed by atoms with E-state index in [1.807, 2.05) is 0 Å². The van der Waals surface area contributed by atoms with Crippen LogP contribution in [-0.2, 0) is 0 Å². The molecular weight excluding hydrogens is 263 g/mol. The number of nitrogens with two attached hydrogens (primary N) is 1. The van der Waals surface area contributed by atoms with E-state index in [4.69, 9.17) is 5.73 Å². The third-order valence-corrected chi connectivity index (χ3v) is 3.98. The van der Waals surface area contributed by atoms with E-state index in [-0.39, 0.29) is 12.8 Å². The van der Waals surface area contributed by atoms with Crippen LogP contribution in [0.4, 0.5) is 24.0 Å². The molecule has 3 rings (SSSR count). The van der Waals surface area contributed by atoms with E-state index >= 15 is 0 Å². The average molecular weight is 273 g/mol. The Bertz CT molecular complexity index is 601. The predicted molar refractivity (Wildman–Crippen MR) is 65.7 cm³/mol. The lowest BCUT2D eigenvalue weighted by Gasteiger charge is -2.19. The summed E-state index contributed by atoms with van der Waals surface area (Å²) in [6.07, 6.45) is -4.02. The zero-order chi connectivity index (χ0) is 13.0. The lowest BCUT2D eigenvalue weighted by molar-refractivity contribution is -0.151. The zero-order valence-electron chi connectivity index (χ0n) is 9.21. The number of rotatable bonds is 2. The quantitative estimate of drug-likeness (QED) is 0.825. The summed E-state index contributed by atoms with van der Waals surface area (Å²) in [5, 5.41) is 2.82. The fraction of sp³-hybridized carbons (Fsp3) is 0.364. The Morgan fingerprint density at radius 1 is 1.33 bits per heavy atom. The molecule has 0 atom stereocenters.